The van der Waals surface area contributed by atoms with Crippen LogP contribution in [-0.2, 0) is 9.53 Å². The Labute approximate surface area is 197 Å². The third-order valence-electron chi connectivity index (χ3n) is 10.3. The predicted molar refractivity (Wildman–Crippen MR) is 133 cm³/mol. The fourth-order valence-corrected chi connectivity index (χ4v) is 7.92. The van der Waals surface area contributed by atoms with Crippen molar-refractivity contribution in [2.45, 2.75) is 99.5 Å². The quantitative estimate of drug-likeness (QED) is 0.322. The number of hydrogen-bond acceptors (Lipinski definition) is 2. The van der Waals surface area contributed by atoms with E-state index in [1.807, 2.05) is 0 Å². The molecule has 0 unspecified atom stereocenters. The van der Waals surface area contributed by atoms with Crippen molar-refractivity contribution in [1.29, 1.82) is 0 Å². The molecule has 2 heteroatoms. The molecule has 4 aliphatic carbocycles. The number of fused-ring (bicyclic) bond motifs is 5. The topological polar surface area (TPSA) is 26.3 Å². The number of carbonyl (C=O) groups excluding carboxylic acids is 1. The van der Waals surface area contributed by atoms with E-state index in [1.54, 1.807) is 12.5 Å². The predicted octanol–water partition coefficient (Wildman–Crippen LogP) is 7.90. The summed E-state index contributed by atoms with van der Waals surface area (Å²) in [7, 11) is 0. The van der Waals surface area contributed by atoms with Crippen molar-refractivity contribution in [2.24, 2.45) is 46.3 Å². The smallest absolute Gasteiger partial charge is 0.302 e. The third-order valence-corrected chi connectivity index (χ3v) is 10.3. The summed E-state index contributed by atoms with van der Waals surface area (Å²) < 4.78 is 5.59. The van der Waals surface area contributed by atoms with Gasteiger partial charge in [-0.05, 0) is 84.9 Å². The van der Waals surface area contributed by atoms with Crippen LogP contribution in [0.5, 0.6) is 0 Å². The molecule has 0 aromatic carbocycles. The summed E-state index contributed by atoms with van der Waals surface area (Å²) in [4.78, 5) is 11.5. The van der Waals surface area contributed by atoms with Crippen LogP contribution in [0.4, 0.5) is 0 Å². The Morgan fingerprint density at radius 1 is 1.00 bits per heavy atom. The van der Waals surface area contributed by atoms with Crippen LogP contribution in [-0.4, -0.2) is 12.1 Å². The lowest BCUT2D eigenvalue weighted by Crippen LogP contribution is -2.46. The molecule has 4 aliphatic rings. The Morgan fingerprint density at radius 3 is 2.44 bits per heavy atom. The van der Waals surface area contributed by atoms with Gasteiger partial charge in [0, 0.05) is 13.3 Å². The first kappa shape index (κ1) is 23.8. The molecule has 0 aromatic rings. The van der Waals surface area contributed by atoms with E-state index >= 15 is 0 Å². The molecule has 3 fully saturated rings. The summed E-state index contributed by atoms with van der Waals surface area (Å²) in [5.74, 6) is 4.11. The van der Waals surface area contributed by atoms with Crippen LogP contribution in [0.1, 0.15) is 93.4 Å². The first-order valence-corrected chi connectivity index (χ1v) is 13.3. The maximum atomic E-state index is 11.5. The van der Waals surface area contributed by atoms with Gasteiger partial charge in [0.25, 0.3) is 0 Å². The summed E-state index contributed by atoms with van der Waals surface area (Å²) >= 11 is 0. The van der Waals surface area contributed by atoms with E-state index in [2.05, 4.69) is 65.8 Å². The van der Waals surface area contributed by atoms with Gasteiger partial charge in [0.15, 0.2) is 0 Å². The molecule has 2 nitrogen and oxygen atoms in total. The molecule has 0 radical (unpaired) electrons. The second-order valence-electron chi connectivity index (χ2n) is 12.4. The van der Waals surface area contributed by atoms with Gasteiger partial charge in [0.05, 0.1) is 0 Å². The van der Waals surface area contributed by atoms with Crippen molar-refractivity contribution in [3.63, 3.8) is 0 Å². The highest BCUT2D eigenvalue weighted by atomic mass is 16.5. The van der Waals surface area contributed by atoms with E-state index in [0.717, 1.165) is 31.1 Å². The van der Waals surface area contributed by atoms with Gasteiger partial charge in [0.2, 0.25) is 0 Å². The Morgan fingerprint density at radius 2 is 1.75 bits per heavy atom. The van der Waals surface area contributed by atoms with Crippen molar-refractivity contribution in [1.82, 2.24) is 0 Å². The Balaban J connectivity index is 1.54. The second-order valence-corrected chi connectivity index (χ2v) is 12.4. The fourth-order valence-electron chi connectivity index (χ4n) is 7.92. The molecule has 178 valence electrons. The minimum Gasteiger partial charge on any atom is -0.462 e. The molecule has 0 bridgehead atoms. The molecule has 0 amide bonds. The molecular weight excluding hydrogens is 392 g/mol. The van der Waals surface area contributed by atoms with Gasteiger partial charge in [-0.3, -0.25) is 4.79 Å². The van der Waals surface area contributed by atoms with Crippen molar-refractivity contribution in [3.05, 3.63) is 35.5 Å². The normalized spacial score (nSPS) is 40.8. The highest BCUT2D eigenvalue weighted by molar-refractivity contribution is 5.66. The Bertz CT molecular complexity index is 817. The van der Waals surface area contributed by atoms with E-state index in [0.29, 0.717) is 29.1 Å². The lowest BCUT2D eigenvalue weighted by atomic mass is 9.50. The standard InChI is InChI=1S/C30H46O2/c1-19(2)20(3)8-9-21(4)26-12-13-27-25-11-10-23-18-24(32-22(5)31)14-16-29(23,6)28(25)15-17-30(26,27)7/h8-11,19-21,24,26-28H,12-18H2,1-7H3/b9-8+/t20-,21+,24+,26-,27+,28-,29+,30-/m0/s1. The number of carbonyl (C=O) groups is 1. The van der Waals surface area contributed by atoms with Crippen molar-refractivity contribution in [3.8, 4) is 0 Å². The van der Waals surface area contributed by atoms with Gasteiger partial charge in [-0.25, -0.2) is 0 Å². The van der Waals surface area contributed by atoms with Crippen molar-refractivity contribution in [2.75, 3.05) is 0 Å². The second kappa shape index (κ2) is 8.80. The SMILES string of the molecule is CC(=O)O[C@@H]1CC[C@]2(C)C(=CC=C3[C@H]4CC[C@@H]([C@H](C)/C=C/[C@H](C)C(C)C)[C@]4(C)CC[C@@H]32)C1. The van der Waals surface area contributed by atoms with Crippen molar-refractivity contribution >= 4 is 5.97 Å². The summed E-state index contributed by atoms with van der Waals surface area (Å²) in [6.07, 6.45) is 18.5. The zero-order valence-corrected chi connectivity index (χ0v) is 21.6. The highest BCUT2D eigenvalue weighted by Gasteiger charge is 2.56. The van der Waals surface area contributed by atoms with Crippen LogP contribution >= 0.6 is 0 Å². The molecular formula is C30H46O2. The fraction of sp³-hybridized carbons (Fsp3) is 0.767. The summed E-state index contributed by atoms with van der Waals surface area (Å²) in [6.45, 7) is 16.1. The minimum absolute atomic E-state index is 0.0763. The average Bonchev–Trinajstić information content (AvgIpc) is 3.08. The third kappa shape index (κ3) is 4.05. The lowest BCUT2D eigenvalue weighted by Gasteiger charge is -2.55. The van der Waals surface area contributed by atoms with Gasteiger partial charge in [-0.2, -0.15) is 0 Å². The maximum absolute atomic E-state index is 11.5. The minimum atomic E-state index is -0.136. The molecule has 0 heterocycles. The van der Waals surface area contributed by atoms with E-state index in [1.165, 1.54) is 31.3 Å². The van der Waals surface area contributed by atoms with Gasteiger partial charge in [0.1, 0.15) is 6.10 Å². The summed E-state index contributed by atoms with van der Waals surface area (Å²) in [6, 6.07) is 0. The number of ether oxygens (including phenoxy) is 1. The first-order valence-electron chi connectivity index (χ1n) is 13.3. The molecule has 0 aromatic heterocycles. The van der Waals surface area contributed by atoms with Gasteiger partial charge >= 0.3 is 5.97 Å². The van der Waals surface area contributed by atoms with Gasteiger partial charge in [-0.1, -0.05) is 77.0 Å². The van der Waals surface area contributed by atoms with Crippen LogP contribution < -0.4 is 0 Å². The molecule has 3 saturated carbocycles. The number of rotatable bonds is 5. The van der Waals surface area contributed by atoms with Crippen LogP contribution in [0.3, 0.4) is 0 Å². The summed E-state index contributed by atoms with van der Waals surface area (Å²) in [5, 5.41) is 0. The Kier molecular flexibility index (Phi) is 6.56. The van der Waals surface area contributed by atoms with Crippen LogP contribution in [0.2, 0.25) is 0 Å². The molecule has 0 saturated heterocycles. The molecule has 32 heavy (non-hydrogen) atoms. The van der Waals surface area contributed by atoms with E-state index < -0.39 is 0 Å². The van der Waals surface area contributed by atoms with E-state index in [9.17, 15) is 4.79 Å². The molecule has 8 atom stereocenters. The first-order chi connectivity index (χ1) is 15.1. The average molecular weight is 439 g/mol. The van der Waals surface area contributed by atoms with Crippen LogP contribution in [0.25, 0.3) is 0 Å². The maximum Gasteiger partial charge on any atom is 0.302 e. The molecule has 0 N–H and O–H groups in total. The van der Waals surface area contributed by atoms with Gasteiger partial charge in [-0.15, -0.1) is 0 Å². The van der Waals surface area contributed by atoms with E-state index in [-0.39, 0.29) is 17.5 Å². The highest BCUT2D eigenvalue weighted by Crippen LogP contribution is 2.66. The van der Waals surface area contributed by atoms with Crippen LogP contribution in [0.15, 0.2) is 35.5 Å². The van der Waals surface area contributed by atoms with Crippen molar-refractivity contribution < 1.29 is 9.53 Å². The lowest BCUT2D eigenvalue weighted by molar-refractivity contribution is -0.148. The Hall–Kier alpha value is -1.31. The largest absolute Gasteiger partial charge is 0.462 e. The summed E-state index contributed by atoms with van der Waals surface area (Å²) in [5.41, 5.74) is 3.98. The zero-order chi connectivity index (χ0) is 23.3. The van der Waals surface area contributed by atoms with Crippen LogP contribution in [0, 0.1) is 46.3 Å². The molecule has 0 aliphatic heterocycles. The monoisotopic (exact) mass is 438 g/mol. The zero-order valence-electron chi connectivity index (χ0n) is 21.6. The van der Waals surface area contributed by atoms with Gasteiger partial charge < -0.3 is 4.74 Å². The number of allylic oxidation sites excluding steroid dienone is 5. The molecule has 4 rings (SSSR count). The number of esters is 1. The van der Waals surface area contributed by atoms with E-state index in [4.69, 9.17) is 4.74 Å². The molecule has 0 spiro atoms. The number of hydrogen-bond donors (Lipinski definition) is 0.